The van der Waals surface area contributed by atoms with E-state index in [-0.39, 0.29) is 17.0 Å². The first-order chi connectivity index (χ1) is 9.47. The predicted octanol–water partition coefficient (Wildman–Crippen LogP) is 1.42. The van der Waals surface area contributed by atoms with E-state index in [9.17, 15) is 14.4 Å². The largest absolute Gasteiger partial charge is 0.331 e. The number of benzene rings is 1. The van der Waals surface area contributed by atoms with Crippen LogP contribution in [0.2, 0.25) is 0 Å². The van der Waals surface area contributed by atoms with E-state index in [1.165, 1.54) is 25.1 Å². The van der Waals surface area contributed by atoms with Crippen LogP contribution in [-0.4, -0.2) is 36.6 Å². The van der Waals surface area contributed by atoms with Gasteiger partial charge in [0.2, 0.25) is 5.78 Å². The van der Waals surface area contributed by atoms with Crippen molar-refractivity contribution >= 4 is 23.3 Å². The number of hydrogen-bond acceptors (Lipinski definition) is 5. The molecule has 2 amide bonds. The minimum atomic E-state index is -0.870. The standard InChI is InChI=1S/C13H12N4O3/c1-17(2)13(20)15-10-9(16-14)7-5-3-4-6-8(7)11(18)12(10)19/h3-6,14H,1-2H3,(H,15,20). The number of urea groups is 1. The summed E-state index contributed by atoms with van der Waals surface area (Å²) in [7, 11) is 2.99. The second-order valence-electron chi connectivity index (χ2n) is 4.36. The van der Waals surface area contributed by atoms with Gasteiger partial charge in [0.05, 0.1) is 0 Å². The van der Waals surface area contributed by atoms with Crippen LogP contribution in [0.15, 0.2) is 35.1 Å². The number of ketones is 2. The van der Waals surface area contributed by atoms with Crippen LogP contribution in [-0.2, 0) is 4.79 Å². The van der Waals surface area contributed by atoms with Gasteiger partial charge < -0.3 is 10.2 Å². The molecule has 0 unspecified atom stereocenters. The van der Waals surface area contributed by atoms with Gasteiger partial charge in [-0.2, -0.15) is 5.11 Å². The van der Waals surface area contributed by atoms with Crippen molar-refractivity contribution < 1.29 is 14.4 Å². The van der Waals surface area contributed by atoms with Crippen LogP contribution in [0.5, 0.6) is 0 Å². The Hall–Kier alpha value is -2.83. The summed E-state index contributed by atoms with van der Waals surface area (Å²) in [6, 6.07) is 5.79. The lowest BCUT2D eigenvalue weighted by Crippen LogP contribution is -2.40. The Kier molecular flexibility index (Phi) is 3.43. The second kappa shape index (κ2) is 5.04. The van der Waals surface area contributed by atoms with Gasteiger partial charge in [-0.05, 0) is 0 Å². The summed E-state index contributed by atoms with van der Waals surface area (Å²) in [6.45, 7) is 0. The van der Waals surface area contributed by atoms with Crippen molar-refractivity contribution in [2.75, 3.05) is 14.1 Å². The molecule has 20 heavy (non-hydrogen) atoms. The maximum absolute atomic E-state index is 12.0. The van der Waals surface area contributed by atoms with Crippen molar-refractivity contribution in [3.8, 4) is 0 Å². The lowest BCUT2D eigenvalue weighted by Gasteiger charge is -2.20. The monoisotopic (exact) mass is 272 g/mol. The van der Waals surface area contributed by atoms with E-state index in [1.54, 1.807) is 18.2 Å². The van der Waals surface area contributed by atoms with Gasteiger partial charge in [0, 0.05) is 25.2 Å². The fourth-order valence-corrected chi connectivity index (χ4v) is 1.82. The van der Waals surface area contributed by atoms with Gasteiger partial charge in [-0.15, -0.1) is 0 Å². The van der Waals surface area contributed by atoms with Crippen LogP contribution < -0.4 is 5.32 Å². The van der Waals surface area contributed by atoms with Crippen molar-refractivity contribution in [3.63, 3.8) is 0 Å². The molecule has 7 nitrogen and oxygen atoms in total. The first kappa shape index (κ1) is 13.6. The Morgan fingerprint density at radius 2 is 1.75 bits per heavy atom. The highest BCUT2D eigenvalue weighted by atomic mass is 16.2. The molecule has 1 aromatic rings. The van der Waals surface area contributed by atoms with Crippen LogP contribution in [0.4, 0.5) is 4.79 Å². The maximum atomic E-state index is 12.0. The van der Waals surface area contributed by atoms with Gasteiger partial charge in [0.15, 0.2) is 0 Å². The van der Waals surface area contributed by atoms with Gasteiger partial charge in [-0.25, -0.2) is 10.3 Å². The van der Waals surface area contributed by atoms with Crippen molar-refractivity contribution in [1.82, 2.24) is 10.2 Å². The van der Waals surface area contributed by atoms with Crippen LogP contribution in [0.3, 0.4) is 0 Å². The van der Waals surface area contributed by atoms with Crippen molar-refractivity contribution in [1.29, 1.82) is 5.53 Å². The molecule has 0 spiro atoms. The molecule has 2 N–H and O–H groups in total. The Morgan fingerprint density at radius 1 is 1.15 bits per heavy atom. The van der Waals surface area contributed by atoms with E-state index in [4.69, 9.17) is 5.53 Å². The number of nitrogens with zero attached hydrogens (tertiary/aromatic N) is 2. The molecule has 0 saturated carbocycles. The van der Waals surface area contributed by atoms with Gasteiger partial charge in [-0.3, -0.25) is 9.59 Å². The zero-order valence-electron chi connectivity index (χ0n) is 10.9. The highest BCUT2D eigenvalue weighted by Crippen LogP contribution is 2.29. The summed E-state index contributed by atoms with van der Waals surface area (Å²) >= 11 is 0. The number of carbonyl (C=O) groups is 3. The van der Waals surface area contributed by atoms with Crippen molar-refractivity contribution in [3.05, 3.63) is 41.1 Å². The first-order valence-electron chi connectivity index (χ1n) is 5.75. The van der Waals surface area contributed by atoms with Gasteiger partial charge >= 0.3 is 6.03 Å². The topological polar surface area (TPSA) is 103 Å². The molecule has 0 aromatic heterocycles. The molecule has 0 fully saturated rings. The molecule has 2 rings (SSSR count). The average Bonchev–Trinajstić information content (AvgIpc) is 2.44. The van der Waals surface area contributed by atoms with Crippen LogP contribution in [0.25, 0.3) is 5.70 Å². The Balaban J connectivity index is 2.60. The summed E-state index contributed by atoms with van der Waals surface area (Å²) < 4.78 is 0. The number of allylic oxidation sites excluding steroid dienone is 1. The summed E-state index contributed by atoms with van der Waals surface area (Å²) in [5, 5.41) is 5.61. The van der Waals surface area contributed by atoms with Crippen LogP contribution in [0, 0.1) is 5.53 Å². The molecule has 0 bridgehead atoms. The van der Waals surface area contributed by atoms with Crippen LogP contribution >= 0.6 is 0 Å². The SMILES string of the molecule is CN(C)C(=O)NC1=C(N=N)c2ccccc2C(=O)C1=O. The molecular formula is C13H12N4O3. The van der Waals surface area contributed by atoms with E-state index in [2.05, 4.69) is 10.4 Å². The highest BCUT2D eigenvalue weighted by molar-refractivity contribution is 6.52. The quantitative estimate of drug-likeness (QED) is 0.628. The van der Waals surface area contributed by atoms with E-state index < -0.39 is 17.6 Å². The number of nitrogens with one attached hydrogen (secondary N) is 2. The van der Waals surface area contributed by atoms with Gasteiger partial charge in [0.25, 0.3) is 5.78 Å². The van der Waals surface area contributed by atoms with E-state index >= 15 is 0 Å². The third-order valence-corrected chi connectivity index (χ3v) is 2.85. The summed E-state index contributed by atoms with van der Waals surface area (Å²) in [4.78, 5) is 36.9. The summed E-state index contributed by atoms with van der Waals surface area (Å²) in [6.07, 6.45) is 0. The number of Topliss-reactive ketones (excluding diaryl/α,β-unsaturated/α-hetero) is 2. The number of fused-ring (bicyclic) bond motifs is 1. The lowest BCUT2D eigenvalue weighted by atomic mass is 9.91. The van der Waals surface area contributed by atoms with E-state index in [0.29, 0.717) is 5.56 Å². The van der Waals surface area contributed by atoms with Crippen molar-refractivity contribution in [2.45, 2.75) is 0 Å². The molecule has 0 saturated heterocycles. The minimum absolute atomic E-state index is 0.0135. The van der Waals surface area contributed by atoms with E-state index in [1.807, 2.05) is 0 Å². The fraction of sp³-hybridized carbons (Fsp3) is 0.154. The second-order valence-corrected chi connectivity index (χ2v) is 4.36. The van der Waals surface area contributed by atoms with Gasteiger partial charge in [0.1, 0.15) is 11.4 Å². The third kappa shape index (κ3) is 2.09. The molecule has 102 valence electrons. The van der Waals surface area contributed by atoms with Gasteiger partial charge in [-0.1, -0.05) is 24.3 Å². The number of rotatable bonds is 2. The highest BCUT2D eigenvalue weighted by Gasteiger charge is 2.34. The summed E-state index contributed by atoms with van der Waals surface area (Å²) in [5.41, 5.74) is 7.48. The molecule has 0 atom stereocenters. The minimum Gasteiger partial charge on any atom is -0.331 e. The lowest BCUT2D eigenvalue weighted by molar-refractivity contribution is -0.112. The van der Waals surface area contributed by atoms with E-state index in [0.717, 1.165) is 0 Å². The molecular weight excluding hydrogens is 260 g/mol. The molecule has 1 aromatic carbocycles. The molecule has 0 radical (unpaired) electrons. The Morgan fingerprint density at radius 3 is 2.30 bits per heavy atom. The summed E-state index contributed by atoms with van der Waals surface area (Å²) in [5.74, 6) is -1.59. The average molecular weight is 272 g/mol. The smallest absolute Gasteiger partial charge is 0.321 e. The first-order valence-corrected chi connectivity index (χ1v) is 5.75. The Bertz CT molecular complexity index is 661. The third-order valence-electron chi connectivity index (χ3n) is 2.85. The van der Waals surface area contributed by atoms with Crippen LogP contribution in [0.1, 0.15) is 15.9 Å². The fourth-order valence-electron chi connectivity index (χ4n) is 1.82. The maximum Gasteiger partial charge on any atom is 0.321 e. The molecule has 1 aliphatic carbocycles. The predicted molar refractivity (Wildman–Crippen MR) is 70.1 cm³/mol. The molecule has 7 heteroatoms. The molecule has 0 aliphatic heterocycles. The Labute approximate surface area is 114 Å². The molecule has 0 heterocycles. The van der Waals surface area contributed by atoms with Crippen molar-refractivity contribution in [2.24, 2.45) is 5.11 Å². The number of hydrogen-bond donors (Lipinski definition) is 2. The molecule has 1 aliphatic rings. The zero-order chi connectivity index (χ0) is 14.9. The normalized spacial score (nSPS) is 13.9. The number of carbonyl (C=O) groups excluding carboxylic acids is 3. The zero-order valence-corrected chi connectivity index (χ0v) is 10.9. The number of amides is 2.